The zero-order chi connectivity index (χ0) is 21.4. The quantitative estimate of drug-likeness (QED) is 0.722. The summed E-state index contributed by atoms with van der Waals surface area (Å²) >= 11 is 5.94. The van der Waals surface area contributed by atoms with Gasteiger partial charge in [-0.1, -0.05) is 41.9 Å². The van der Waals surface area contributed by atoms with Crippen LogP contribution in [0.1, 0.15) is 32.3 Å². The fraction of sp³-hybridized carbons (Fsp3) is 0.333. The lowest BCUT2D eigenvalue weighted by Gasteiger charge is -2.22. The zero-order valence-electron chi connectivity index (χ0n) is 16.3. The second-order valence-corrected chi connectivity index (χ2v) is 10.5. The standard InChI is InChI=1S/C21H22ClNO5S/c1-20(2,3)28-19(25)23-21(13-24)17(14-9-11-15(22)12-10-14)18(21)29(26,27)16-7-5-4-6-8-16/h4-13,17-18H,1-3H3,(H,23,25)/t17-,18-,21-/m1/s1. The number of ether oxygens (including phenoxy) is 1. The summed E-state index contributed by atoms with van der Waals surface area (Å²) in [6, 6.07) is 14.4. The molecule has 154 valence electrons. The predicted molar refractivity (Wildman–Crippen MR) is 110 cm³/mol. The lowest BCUT2D eigenvalue weighted by molar-refractivity contribution is -0.110. The molecular formula is C21H22ClNO5S. The smallest absolute Gasteiger partial charge is 0.408 e. The van der Waals surface area contributed by atoms with E-state index in [9.17, 15) is 18.0 Å². The van der Waals surface area contributed by atoms with Crippen molar-refractivity contribution in [1.82, 2.24) is 5.32 Å². The van der Waals surface area contributed by atoms with Crippen LogP contribution in [0.3, 0.4) is 0 Å². The molecule has 29 heavy (non-hydrogen) atoms. The molecule has 3 atom stereocenters. The van der Waals surface area contributed by atoms with Gasteiger partial charge >= 0.3 is 6.09 Å². The van der Waals surface area contributed by atoms with E-state index >= 15 is 0 Å². The van der Waals surface area contributed by atoms with Crippen LogP contribution in [0.15, 0.2) is 59.5 Å². The Kier molecular flexibility index (Phi) is 5.49. The molecule has 3 rings (SSSR count). The summed E-state index contributed by atoms with van der Waals surface area (Å²) in [6.07, 6.45) is -0.365. The summed E-state index contributed by atoms with van der Waals surface area (Å²) < 4.78 is 31.9. The van der Waals surface area contributed by atoms with E-state index in [-0.39, 0.29) is 4.90 Å². The lowest BCUT2D eigenvalue weighted by Crippen LogP contribution is -2.45. The Morgan fingerprint density at radius 2 is 1.69 bits per heavy atom. The highest BCUT2D eigenvalue weighted by molar-refractivity contribution is 7.92. The van der Waals surface area contributed by atoms with Crippen LogP contribution in [-0.2, 0) is 19.4 Å². The van der Waals surface area contributed by atoms with Crippen LogP contribution in [-0.4, -0.2) is 37.2 Å². The summed E-state index contributed by atoms with van der Waals surface area (Å²) in [5.41, 5.74) is -1.85. The summed E-state index contributed by atoms with van der Waals surface area (Å²) in [5, 5.41) is 1.84. The van der Waals surface area contributed by atoms with E-state index in [0.29, 0.717) is 16.9 Å². The normalized spacial score (nSPS) is 23.9. The number of benzene rings is 2. The van der Waals surface area contributed by atoms with E-state index in [4.69, 9.17) is 16.3 Å². The molecule has 1 fully saturated rings. The number of nitrogens with one attached hydrogen (secondary N) is 1. The summed E-state index contributed by atoms with van der Waals surface area (Å²) in [5.74, 6) is -0.769. The molecular weight excluding hydrogens is 414 g/mol. The van der Waals surface area contributed by atoms with Crippen LogP contribution >= 0.6 is 11.6 Å². The Labute approximate surface area is 175 Å². The van der Waals surface area contributed by atoms with Crippen molar-refractivity contribution in [3.63, 3.8) is 0 Å². The Balaban J connectivity index is 2.04. The number of aldehydes is 1. The second-order valence-electron chi connectivity index (χ2n) is 7.99. The Hall–Kier alpha value is -2.38. The summed E-state index contributed by atoms with van der Waals surface area (Å²) in [6.45, 7) is 5.05. The fourth-order valence-electron chi connectivity index (χ4n) is 3.49. The van der Waals surface area contributed by atoms with Gasteiger partial charge in [-0.3, -0.25) is 0 Å². The van der Waals surface area contributed by atoms with Crippen LogP contribution in [0.2, 0.25) is 5.02 Å². The minimum absolute atomic E-state index is 0.0821. The Morgan fingerprint density at radius 1 is 1.10 bits per heavy atom. The fourth-order valence-corrected chi connectivity index (χ4v) is 5.88. The molecule has 1 aliphatic rings. The monoisotopic (exact) mass is 435 g/mol. The number of hydrogen-bond donors (Lipinski definition) is 1. The maximum atomic E-state index is 13.3. The number of sulfone groups is 1. The van der Waals surface area contributed by atoms with Crippen molar-refractivity contribution >= 4 is 33.8 Å². The molecule has 0 spiro atoms. The van der Waals surface area contributed by atoms with Gasteiger partial charge in [-0.05, 0) is 50.6 Å². The number of hydrogen-bond acceptors (Lipinski definition) is 5. The van der Waals surface area contributed by atoms with Gasteiger partial charge in [-0.15, -0.1) is 0 Å². The molecule has 8 heteroatoms. The predicted octanol–water partition coefficient (Wildman–Crippen LogP) is 3.74. The third-order valence-corrected chi connectivity index (χ3v) is 7.24. The van der Waals surface area contributed by atoms with Crippen LogP contribution in [0.4, 0.5) is 4.79 Å². The average Bonchev–Trinajstić information content (AvgIpc) is 3.31. The van der Waals surface area contributed by atoms with E-state index < -0.39 is 38.2 Å². The van der Waals surface area contributed by atoms with E-state index in [1.54, 1.807) is 63.2 Å². The molecule has 0 saturated heterocycles. The maximum absolute atomic E-state index is 13.3. The SMILES string of the molecule is CC(C)(C)OC(=O)N[C@]1(C=O)[C@H](c2ccc(Cl)cc2)[C@H]1S(=O)(=O)c1ccccc1. The highest BCUT2D eigenvalue weighted by atomic mass is 35.5. The van der Waals surface area contributed by atoms with Crippen molar-refractivity contribution in [3.05, 3.63) is 65.2 Å². The van der Waals surface area contributed by atoms with Gasteiger partial charge in [0.2, 0.25) is 0 Å². The van der Waals surface area contributed by atoms with Gasteiger partial charge < -0.3 is 14.8 Å². The van der Waals surface area contributed by atoms with E-state index in [1.807, 2.05) is 0 Å². The highest BCUT2D eigenvalue weighted by Gasteiger charge is 2.73. The van der Waals surface area contributed by atoms with Crippen molar-refractivity contribution in [3.8, 4) is 0 Å². The Bertz CT molecular complexity index is 1020. The number of alkyl carbamates (subject to hydrolysis) is 1. The largest absolute Gasteiger partial charge is 0.444 e. The number of carbonyl (C=O) groups excluding carboxylic acids is 2. The third kappa shape index (κ3) is 4.16. The first-order valence-corrected chi connectivity index (χ1v) is 11.0. The molecule has 0 bridgehead atoms. The molecule has 0 radical (unpaired) electrons. The van der Waals surface area contributed by atoms with Gasteiger partial charge in [0.25, 0.3) is 0 Å². The van der Waals surface area contributed by atoms with Crippen molar-refractivity contribution in [2.24, 2.45) is 0 Å². The molecule has 0 heterocycles. The van der Waals surface area contributed by atoms with Crippen LogP contribution in [0.5, 0.6) is 0 Å². The van der Waals surface area contributed by atoms with Crippen LogP contribution < -0.4 is 5.32 Å². The molecule has 1 amide bonds. The average molecular weight is 436 g/mol. The summed E-state index contributed by atoms with van der Waals surface area (Å²) in [7, 11) is -3.92. The molecule has 1 saturated carbocycles. The van der Waals surface area contributed by atoms with Gasteiger partial charge in [0.05, 0.1) is 4.90 Å². The first-order chi connectivity index (χ1) is 13.5. The van der Waals surface area contributed by atoms with Gasteiger partial charge in [-0.25, -0.2) is 13.2 Å². The van der Waals surface area contributed by atoms with E-state index in [1.165, 1.54) is 12.1 Å². The van der Waals surface area contributed by atoms with Gasteiger partial charge in [0.15, 0.2) is 9.84 Å². The van der Waals surface area contributed by atoms with E-state index in [2.05, 4.69) is 5.32 Å². The highest BCUT2D eigenvalue weighted by Crippen LogP contribution is 2.56. The Morgan fingerprint density at radius 3 is 2.21 bits per heavy atom. The first kappa shape index (κ1) is 21.3. The molecule has 1 aliphatic carbocycles. The van der Waals surface area contributed by atoms with Crippen LogP contribution in [0, 0.1) is 0 Å². The number of halogens is 1. The van der Waals surface area contributed by atoms with E-state index in [0.717, 1.165) is 0 Å². The minimum atomic E-state index is -3.92. The molecule has 0 unspecified atom stereocenters. The van der Waals surface area contributed by atoms with Crippen LogP contribution in [0.25, 0.3) is 0 Å². The second kappa shape index (κ2) is 7.46. The van der Waals surface area contributed by atoms with Gasteiger partial charge in [0.1, 0.15) is 22.7 Å². The molecule has 2 aromatic carbocycles. The topological polar surface area (TPSA) is 89.5 Å². The zero-order valence-corrected chi connectivity index (χ0v) is 17.8. The van der Waals surface area contributed by atoms with Crippen molar-refractivity contribution in [2.45, 2.75) is 48.0 Å². The minimum Gasteiger partial charge on any atom is -0.444 e. The van der Waals surface area contributed by atoms with Gasteiger partial charge in [-0.2, -0.15) is 0 Å². The van der Waals surface area contributed by atoms with Crippen molar-refractivity contribution < 1.29 is 22.7 Å². The number of rotatable bonds is 5. The maximum Gasteiger partial charge on any atom is 0.408 e. The molecule has 2 aromatic rings. The van der Waals surface area contributed by atoms with Crippen molar-refractivity contribution in [1.29, 1.82) is 0 Å². The molecule has 1 N–H and O–H groups in total. The molecule has 0 aromatic heterocycles. The lowest BCUT2D eigenvalue weighted by atomic mass is 10.1. The van der Waals surface area contributed by atoms with Crippen molar-refractivity contribution in [2.75, 3.05) is 0 Å². The third-order valence-electron chi connectivity index (χ3n) is 4.73. The summed E-state index contributed by atoms with van der Waals surface area (Å²) in [4.78, 5) is 24.7. The number of carbonyl (C=O) groups is 2. The first-order valence-electron chi connectivity index (χ1n) is 9.03. The molecule has 0 aliphatic heterocycles. The number of amides is 1. The molecule has 6 nitrogen and oxygen atoms in total. The van der Waals surface area contributed by atoms with Gasteiger partial charge in [0, 0.05) is 10.9 Å².